The highest BCUT2D eigenvalue weighted by Gasteiger charge is 2.28. The number of nitrogens with zero attached hydrogens (tertiary/aromatic N) is 2. The summed E-state index contributed by atoms with van der Waals surface area (Å²) in [6.07, 6.45) is 3.88. The van der Waals surface area contributed by atoms with E-state index in [1.165, 1.54) is 0 Å². The highest BCUT2D eigenvalue weighted by Crippen LogP contribution is 2.25. The Balaban J connectivity index is 1.37. The summed E-state index contributed by atoms with van der Waals surface area (Å²) >= 11 is 0. The lowest BCUT2D eigenvalue weighted by Gasteiger charge is -2.23. The van der Waals surface area contributed by atoms with Crippen LogP contribution in [-0.4, -0.2) is 32.5 Å². The van der Waals surface area contributed by atoms with Gasteiger partial charge in [-0.2, -0.15) is 0 Å². The van der Waals surface area contributed by atoms with Gasteiger partial charge in [0.25, 0.3) is 0 Å². The number of rotatable bonds is 11. The van der Waals surface area contributed by atoms with Crippen LogP contribution >= 0.6 is 0 Å². The average molecular weight is 545 g/mol. The monoisotopic (exact) mass is 544 g/mol. The van der Waals surface area contributed by atoms with Gasteiger partial charge in [-0.3, -0.25) is 9.59 Å². The summed E-state index contributed by atoms with van der Waals surface area (Å²) in [4.78, 5) is 31.9. The van der Waals surface area contributed by atoms with Gasteiger partial charge in [-0.05, 0) is 34.4 Å². The minimum atomic E-state index is -0.852. The number of aromatic nitrogens is 2. The van der Waals surface area contributed by atoms with E-state index in [9.17, 15) is 14.7 Å². The van der Waals surface area contributed by atoms with Crippen LogP contribution in [0.4, 0.5) is 0 Å². The smallest absolute Gasteiger partial charge is 0.243 e. The Bertz CT molecular complexity index is 1510. The maximum absolute atomic E-state index is 13.9. The molecule has 41 heavy (non-hydrogen) atoms. The third kappa shape index (κ3) is 7.48. The van der Waals surface area contributed by atoms with E-state index in [0.717, 1.165) is 22.3 Å². The number of carbonyl (C=O) groups is 2. The molecule has 2 amide bonds. The fourth-order valence-electron chi connectivity index (χ4n) is 4.78. The van der Waals surface area contributed by atoms with E-state index in [0.29, 0.717) is 12.2 Å². The van der Waals surface area contributed by atoms with Crippen molar-refractivity contribution in [1.82, 2.24) is 20.2 Å². The number of hydrogen-bond donors (Lipinski definition) is 3. The Morgan fingerprint density at radius 3 is 1.93 bits per heavy atom. The molecular weight excluding hydrogens is 512 g/mol. The van der Waals surface area contributed by atoms with Gasteiger partial charge < -0.3 is 20.3 Å². The van der Waals surface area contributed by atoms with E-state index in [1.54, 1.807) is 30.6 Å². The van der Waals surface area contributed by atoms with Gasteiger partial charge in [-0.25, -0.2) is 4.98 Å². The number of phenolic OH excluding ortho intramolecular Hbond substituents is 1. The largest absolute Gasteiger partial charge is 0.508 e. The lowest BCUT2D eigenvalue weighted by Crippen LogP contribution is -2.49. The molecule has 7 heteroatoms. The molecule has 4 aromatic carbocycles. The van der Waals surface area contributed by atoms with E-state index >= 15 is 0 Å². The number of carbonyl (C=O) groups excluding carboxylic acids is 2. The topological polar surface area (TPSA) is 96.2 Å². The van der Waals surface area contributed by atoms with Crippen molar-refractivity contribution in [2.24, 2.45) is 0 Å². The average Bonchev–Trinajstić information content (AvgIpc) is 3.44. The first-order chi connectivity index (χ1) is 20.0. The Labute approximate surface area is 239 Å². The third-order valence-corrected chi connectivity index (χ3v) is 6.87. The first-order valence-corrected chi connectivity index (χ1v) is 13.6. The summed E-state index contributed by atoms with van der Waals surface area (Å²) in [6, 6.07) is 35.0. The van der Waals surface area contributed by atoms with Crippen molar-refractivity contribution in [2.45, 2.75) is 31.5 Å². The number of nitrogens with one attached hydrogen (secondary N) is 2. The molecule has 0 fully saturated rings. The molecule has 0 aliphatic carbocycles. The SMILES string of the molecule is O=C(NCc1ccc(O)cc1)C(Cc1cn(Cc2ccccc2)cn1)NC(=O)C(c1ccccc1)c1ccccc1. The summed E-state index contributed by atoms with van der Waals surface area (Å²) in [5, 5.41) is 15.5. The number of aromatic hydroxyl groups is 1. The minimum absolute atomic E-state index is 0.157. The van der Waals surface area contributed by atoms with Crippen molar-refractivity contribution >= 4 is 11.8 Å². The molecular formula is C34H32N4O3. The molecule has 0 spiro atoms. The van der Waals surface area contributed by atoms with Crippen molar-refractivity contribution in [3.05, 3.63) is 156 Å². The molecule has 5 aromatic rings. The second-order valence-electron chi connectivity index (χ2n) is 9.93. The molecule has 3 N–H and O–H groups in total. The van der Waals surface area contributed by atoms with Gasteiger partial charge in [-0.1, -0.05) is 103 Å². The van der Waals surface area contributed by atoms with Crippen molar-refractivity contribution in [3.8, 4) is 5.75 Å². The molecule has 1 atom stereocenters. The van der Waals surface area contributed by atoms with Crippen molar-refractivity contribution < 1.29 is 14.7 Å². The molecule has 5 rings (SSSR count). The fraction of sp³-hybridized carbons (Fsp3) is 0.147. The fourth-order valence-corrected chi connectivity index (χ4v) is 4.78. The Kier molecular flexibility index (Phi) is 8.86. The highest BCUT2D eigenvalue weighted by molar-refractivity contribution is 5.92. The first-order valence-electron chi connectivity index (χ1n) is 13.6. The summed E-state index contributed by atoms with van der Waals surface area (Å²) in [6.45, 7) is 0.913. The number of benzene rings is 4. The molecule has 0 radical (unpaired) electrons. The number of hydrogen-bond acceptors (Lipinski definition) is 4. The highest BCUT2D eigenvalue weighted by atomic mass is 16.3. The Morgan fingerprint density at radius 2 is 1.32 bits per heavy atom. The zero-order chi connectivity index (χ0) is 28.4. The van der Waals surface area contributed by atoms with Gasteiger partial charge in [0.2, 0.25) is 11.8 Å². The first kappa shape index (κ1) is 27.4. The maximum atomic E-state index is 13.9. The number of amides is 2. The van der Waals surface area contributed by atoms with Crippen molar-refractivity contribution in [3.63, 3.8) is 0 Å². The summed E-state index contributed by atoms with van der Waals surface area (Å²) < 4.78 is 1.97. The Hall–Kier alpha value is -5.17. The zero-order valence-electron chi connectivity index (χ0n) is 22.6. The summed E-state index contributed by atoms with van der Waals surface area (Å²) in [5.74, 6) is -1.01. The van der Waals surface area contributed by atoms with Gasteiger partial charge in [0.05, 0.1) is 17.9 Å². The predicted octanol–water partition coefficient (Wildman–Crippen LogP) is 4.81. The van der Waals surface area contributed by atoms with Gasteiger partial charge >= 0.3 is 0 Å². The number of imidazole rings is 1. The zero-order valence-corrected chi connectivity index (χ0v) is 22.6. The second kappa shape index (κ2) is 13.3. The maximum Gasteiger partial charge on any atom is 0.243 e. The molecule has 0 saturated heterocycles. The van der Waals surface area contributed by atoms with Crippen LogP contribution in [0.15, 0.2) is 128 Å². The molecule has 0 saturated carbocycles. The van der Waals surface area contributed by atoms with Crippen LogP contribution in [0.5, 0.6) is 5.75 Å². The normalized spacial score (nSPS) is 11.6. The second-order valence-corrected chi connectivity index (χ2v) is 9.93. The van der Waals surface area contributed by atoms with Gasteiger partial charge in [-0.15, -0.1) is 0 Å². The van der Waals surface area contributed by atoms with E-state index in [4.69, 9.17) is 0 Å². The molecule has 7 nitrogen and oxygen atoms in total. The van der Waals surface area contributed by atoms with E-state index in [1.807, 2.05) is 102 Å². The van der Waals surface area contributed by atoms with Crippen LogP contribution in [0.3, 0.4) is 0 Å². The Morgan fingerprint density at radius 1 is 0.732 bits per heavy atom. The predicted molar refractivity (Wildman–Crippen MR) is 158 cm³/mol. The van der Waals surface area contributed by atoms with Crippen LogP contribution < -0.4 is 10.6 Å². The summed E-state index contributed by atoms with van der Waals surface area (Å²) in [7, 11) is 0. The van der Waals surface area contributed by atoms with Crippen LogP contribution in [0.1, 0.15) is 33.9 Å². The molecule has 0 aliphatic rings. The van der Waals surface area contributed by atoms with Gasteiger partial charge in [0, 0.05) is 25.7 Å². The lowest BCUT2D eigenvalue weighted by molar-refractivity contribution is -0.129. The standard InChI is InChI=1S/C34H32N4O3/c39-30-18-16-25(17-19-30)21-35-33(40)31(20-29-23-38(24-36-29)22-26-10-4-1-5-11-26)37-34(41)32(27-12-6-2-7-13-27)28-14-8-3-9-15-28/h1-19,23-24,31-32,39H,20-22H2,(H,35,40)(H,37,41). The summed E-state index contributed by atoms with van der Waals surface area (Å²) in [5.41, 5.74) is 4.35. The number of phenols is 1. The van der Waals surface area contributed by atoms with Crippen LogP contribution in [0, 0.1) is 0 Å². The quantitative estimate of drug-likeness (QED) is 0.222. The molecule has 1 heterocycles. The van der Waals surface area contributed by atoms with Crippen LogP contribution in [0.2, 0.25) is 0 Å². The van der Waals surface area contributed by atoms with Crippen molar-refractivity contribution in [1.29, 1.82) is 0 Å². The lowest BCUT2D eigenvalue weighted by atomic mass is 9.90. The molecule has 0 aliphatic heterocycles. The van der Waals surface area contributed by atoms with Gasteiger partial charge in [0.15, 0.2) is 0 Å². The van der Waals surface area contributed by atoms with E-state index in [-0.39, 0.29) is 30.5 Å². The molecule has 206 valence electrons. The van der Waals surface area contributed by atoms with Crippen molar-refractivity contribution in [2.75, 3.05) is 0 Å². The van der Waals surface area contributed by atoms with Crippen LogP contribution in [0.25, 0.3) is 0 Å². The van der Waals surface area contributed by atoms with E-state index < -0.39 is 12.0 Å². The van der Waals surface area contributed by atoms with Gasteiger partial charge in [0.1, 0.15) is 11.8 Å². The molecule has 1 aromatic heterocycles. The molecule has 1 unspecified atom stereocenters. The third-order valence-electron chi connectivity index (χ3n) is 6.87. The van der Waals surface area contributed by atoms with Crippen LogP contribution in [-0.2, 0) is 29.1 Å². The molecule has 0 bridgehead atoms. The van der Waals surface area contributed by atoms with E-state index in [2.05, 4.69) is 15.6 Å². The minimum Gasteiger partial charge on any atom is -0.508 e.